The Morgan fingerprint density at radius 2 is 1.85 bits per heavy atom. The van der Waals surface area contributed by atoms with Crippen molar-refractivity contribution >= 4 is 28.8 Å². The first-order chi connectivity index (χ1) is 9.42. The van der Waals surface area contributed by atoms with E-state index in [0.717, 1.165) is 25.9 Å². The summed E-state index contributed by atoms with van der Waals surface area (Å²) >= 11 is 6.19. The highest BCUT2D eigenvalue weighted by molar-refractivity contribution is 6.34. The quantitative estimate of drug-likeness (QED) is 0.432. The van der Waals surface area contributed by atoms with Gasteiger partial charge in [-0.05, 0) is 19.8 Å². The molecule has 0 aromatic heterocycles. The number of ketones is 1. The van der Waals surface area contributed by atoms with E-state index in [0.29, 0.717) is 11.3 Å². The predicted molar refractivity (Wildman–Crippen MR) is 80.9 cm³/mol. The number of nitro groups is 1. The molecule has 0 heterocycles. The summed E-state index contributed by atoms with van der Waals surface area (Å²) < 4.78 is 0. The first-order valence-electron chi connectivity index (χ1n) is 6.66. The molecule has 0 bridgehead atoms. The minimum absolute atomic E-state index is 0.156. The van der Waals surface area contributed by atoms with Crippen LogP contribution in [0.3, 0.4) is 0 Å². The van der Waals surface area contributed by atoms with E-state index in [2.05, 4.69) is 0 Å². The lowest BCUT2D eigenvalue weighted by molar-refractivity contribution is -0.384. The number of carbonyl (C=O) groups is 1. The average Bonchev–Trinajstić information content (AvgIpc) is 2.37. The lowest BCUT2D eigenvalue weighted by Gasteiger charge is -2.26. The molecule has 0 unspecified atom stereocenters. The van der Waals surface area contributed by atoms with Gasteiger partial charge >= 0.3 is 0 Å². The Labute approximate surface area is 123 Å². The molecule has 0 aliphatic heterocycles. The highest BCUT2D eigenvalue weighted by Gasteiger charge is 2.21. The van der Waals surface area contributed by atoms with Crippen LogP contribution in [0.1, 0.15) is 44.0 Å². The Morgan fingerprint density at radius 3 is 2.25 bits per heavy atom. The molecule has 1 aromatic rings. The molecule has 0 atom stereocenters. The lowest BCUT2D eigenvalue weighted by atomic mass is 10.1. The maximum Gasteiger partial charge on any atom is 0.271 e. The monoisotopic (exact) mass is 298 g/mol. The van der Waals surface area contributed by atoms with Crippen LogP contribution < -0.4 is 4.90 Å². The molecule has 110 valence electrons. The number of benzene rings is 1. The van der Waals surface area contributed by atoms with Crippen LogP contribution in [0.4, 0.5) is 11.4 Å². The van der Waals surface area contributed by atoms with Gasteiger partial charge in [0.2, 0.25) is 0 Å². The number of hydrogen-bond acceptors (Lipinski definition) is 4. The van der Waals surface area contributed by atoms with Crippen molar-refractivity contribution in [1.82, 2.24) is 0 Å². The fourth-order valence-corrected chi connectivity index (χ4v) is 2.49. The first kappa shape index (κ1) is 16.4. The van der Waals surface area contributed by atoms with E-state index in [-0.39, 0.29) is 16.5 Å². The summed E-state index contributed by atoms with van der Waals surface area (Å²) in [5, 5.41) is 11.1. The van der Waals surface area contributed by atoms with E-state index in [4.69, 9.17) is 11.6 Å². The van der Waals surface area contributed by atoms with Crippen molar-refractivity contribution in [3.63, 3.8) is 0 Å². The molecule has 0 saturated heterocycles. The van der Waals surface area contributed by atoms with Crippen LogP contribution in [0, 0.1) is 10.1 Å². The standard InChI is InChI=1S/C14H19ClN2O3/c1-4-6-16(7-5-2)14-12(10(3)18)8-11(17(19)20)9-13(14)15/h8-9H,4-7H2,1-3H3. The number of anilines is 1. The zero-order valence-corrected chi connectivity index (χ0v) is 12.7. The Kier molecular flexibility index (Phi) is 5.95. The van der Waals surface area contributed by atoms with E-state index in [1.165, 1.54) is 19.1 Å². The van der Waals surface area contributed by atoms with Gasteiger partial charge in [0.15, 0.2) is 5.78 Å². The van der Waals surface area contributed by atoms with Gasteiger partial charge in [0.25, 0.3) is 5.69 Å². The van der Waals surface area contributed by atoms with Crippen molar-refractivity contribution in [2.75, 3.05) is 18.0 Å². The molecule has 0 aliphatic rings. The molecule has 6 heteroatoms. The van der Waals surface area contributed by atoms with Gasteiger partial charge < -0.3 is 4.90 Å². The van der Waals surface area contributed by atoms with Gasteiger partial charge in [0, 0.05) is 30.8 Å². The van der Waals surface area contributed by atoms with Gasteiger partial charge in [-0.3, -0.25) is 14.9 Å². The molecular weight excluding hydrogens is 280 g/mol. The van der Waals surface area contributed by atoms with Crippen LogP contribution in [-0.4, -0.2) is 23.8 Å². The summed E-state index contributed by atoms with van der Waals surface area (Å²) in [7, 11) is 0. The highest BCUT2D eigenvalue weighted by atomic mass is 35.5. The molecule has 0 spiro atoms. The maximum absolute atomic E-state index is 11.8. The number of halogens is 1. The number of hydrogen-bond donors (Lipinski definition) is 0. The van der Waals surface area contributed by atoms with Crippen LogP contribution in [0.2, 0.25) is 5.02 Å². The molecule has 5 nitrogen and oxygen atoms in total. The van der Waals surface area contributed by atoms with Gasteiger partial charge in [0.1, 0.15) is 0 Å². The van der Waals surface area contributed by atoms with Crippen LogP contribution >= 0.6 is 11.6 Å². The lowest BCUT2D eigenvalue weighted by Crippen LogP contribution is -2.27. The summed E-state index contributed by atoms with van der Waals surface area (Å²) in [6.45, 7) is 6.98. The van der Waals surface area contributed by atoms with Gasteiger partial charge in [-0.2, -0.15) is 0 Å². The summed E-state index contributed by atoms with van der Waals surface area (Å²) in [6, 6.07) is 2.61. The minimum Gasteiger partial charge on any atom is -0.370 e. The number of carbonyl (C=O) groups excluding carboxylic acids is 1. The molecule has 0 saturated carbocycles. The number of Topliss-reactive ketones (excluding diaryl/α,β-unsaturated/α-hetero) is 1. The van der Waals surface area contributed by atoms with Crippen LogP contribution in [0.25, 0.3) is 0 Å². The van der Waals surface area contributed by atoms with Gasteiger partial charge in [-0.25, -0.2) is 0 Å². The van der Waals surface area contributed by atoms with Crippen molar-refractivity contribution in [2.24, 2.45) is 0 Å². The van der Waals surface area contributed by atoms with Crippen molar-refractivity contribution < 1.29 is 9.72 Å². The molecule has 0 radical (unpaired) electrons. The van der Waals surface area contributed by atoms with E-state index >= 15 is 0 Å². The van der Waals surface area contributed by atoms with Crippen LogP contribution in [-0.2, 0) is 0 Å². The first-order valence-corrected chi connectivity index (χ1v) is 7.03. The molecule has 0 fully saturated rings. The number of rotatable bonds is 7. The van der Waals surface area contributed by atoms with Crippen molar-refractivity contribution in [2.45, 2.75) is 33.6 Å². The second-order valence-corrected chi connectivity index (χ2v) is 5.03. The molecule has 0 aliphatic carbocycles. The van der Waals surface area contributed by atoms with Crippen molar-refractivity contribution in [1.29, 1.82) is 0 Å². The zero-order valence-electron chi connectivity index (χ0n) is 12.0. The highest BCUT2D eigenvalue weighted by Crippen LogP contribution is 2.34. The Morgan fingerprint density at radius 1 is 1.30 bits per heavy atom. The smallest absolute Gasteiger partial charge is 0.271 e. The summed E-state index contributed by atoms with van der Waals surface area (Å²) in [5.41, 5.74) is 0.761. The Bertz CT molecular complexity index is 511. The van der Waals surface area contributed by atoms with Gasteiger partial charge in [0.05, 0.1) is 15.6 Å². The second kappa shape index (κ2) is 7.24. The van der Waals surface area contributed by atoms with Crippen molar-refractivity contribution in [3.8, 4) is 0 Å². The van der Waals surface area contributed by atoms with Crippen LogP contribution in [0.5, 0.6) is 0 Å². The normalized spacial score (nSPS) is 10.4. The fraction of sp³-hybridized carbons (Fsp3) is 0.500. The molecular formula is C14H19ClN2O3. The van der Waals surface area contributed by atoms with E-state index < -0.39 is 4.92 Å². The third-order valence-electron chi connectivity index (χ3n) is 2.94. The summed E-state index contributed by atoms with van der Waals surface area (Å²) in [5.74, 6) is -0.220. The van der Waals surface area contributed by atoms with Gasteiger partial charge in [-0.15, -0.1) is 0 Å². The van der Waals surface area contributed by atoms with E-state index in [1.54, 1.807) is 0 Å². The maximum atomic E-state index is 11.8. The summed E-state index contributed by atoms with van der Waals surface area (Å²) in [4.78, 5) is 24.2. The fourth-order valence-electron chi connectivity index (χ4n) is 2.16. The zero-order chi connectivity index (χ0) is 15.3. The Balaban J connectivity index is 3.42. The average molecular weight is 299 g/mol. The second-order valence-electron chi connectivity index (χ2n) is 4.62. The topological polar surface area (TPSA) is 63.4 Å². The molecule has 1 rings (SSSR count). The van der Waals surface area contributed by atoms with Gasteiger partial charge in [-0.1, -0.05) is 25.4 Å². The molecule has 20 heavy (non-hydrogen) atoms. The number of nitro benzene ring substituents is 1. The van der Waals surface area contributed by atoms with E-state index in [1.807, 2.05) is 18.7 Å². The minimum atomic E-state index is -0.536. The largest absolute Gasteiger partial charge is 0.370 e. The SMILES string of the molecule is CCCN(CCC)c1c(Cl)cc([N+](=O)[O-])cc1C(C)=O. The molecule has 0 N–H and O–H groups in total. The molecule has 0 amide bonds. The van der Waals surface area contributed by atoms with Crippen molar-refractivity contribution in [3.05, 3.63) is 32.8 Å². The summed E-state index contributed by atoms with van der Waals surface area (Å²) in [6.07, 6.45) is 1.81. The third kappa shape index (κ3) is 3.70. The third-order valence-corrected chi connectivity index (χ3v) is 3.23. The molecule has 1 aromatic carbocycles. The Hall–Kier alpha value is -1.62. The van der Waals surface area contributed by atoms with E-state index in [9.17, 15) is 14.9 Å². The van der Waals surface area contributed by atoms with Crippen LogP contribution in [0.15, 0.2) is 12.1 Å². The number of nitrogens with zero attached hydrogens (tertiary/aromatic N) is 2. The number of non-ortho nitro benzene ring substituents is 1. The predicted octanol–water partition coefficient (Wildman–Crippen LogP) is 4.08.